The van der Waals surface area contributed by atoms with E-state index in [2.05, 4.69) is 16.7 Å². The summed E-state index contributed by atoms with van der Waals surface area (Å²) in [6.45, 7) is 8.60. The highest BCUT2D eigenvalue weighted by atomic mass is 16.2. The Bertz CT molecular complexity index is 743. The Morgan fingerprint density at radius 1 is 1.48 bits per heavy atom. The summed E-state index contributed by atoms with van der Waals surface area (Å²) >= 11 is 0. The average Bonchev–Trinajstić information content (AvgIpc) is 2.81. The number of carbonyl (C=O) groups is 1. The van der Waals surface area contributed by atoms with E-state index in [1.807, 2.05) is 13.8 Å². The van der Waals surface area contributed by atoms with Crippen LogP contribution >= 0.6 is 0 Å². The van der Waals surface area contributed by atoms with E-state index < -0.39 is 0 Å². The molecule has 7 heteroatoms. The number of fused-ring (bicyclic) bond motifs is 1. The first-order chi connectivity index (χ1) is 9.93. The lowest BCUT2D eigenvalue weighted by Crippen LogP contribution is -2.37. The number of aromatic nitrogens is 4. The zero-order chi connectivity index (χ0) is 15.6. The molecule has 0 fully saturated rings. The maximum absolute atomic E-state index is 12.3. The number of hydrogen-bond donors (Lipinski definition) is 0. The first kappa shape index (κ1) is 15.0. The molecule has 112 valence electrons. The molecule has 0 spiro atoms. The number of likely N-dealkylation sites (N-methyl/N-ethyl adjacent to an activating group) is 1. The minimum absolute atomic E-state index is 0.0300. The van der Waals surface area contributed by atoms with Gasteiger partial charge in [0.25, 0.3) is 5.56 Å². The van der Waals surface area contributed by atoms with E-state index >= 15 is 0 Å². The topological polar surface area (TPSA) is 73.0 Å². The second-order valence-electron chi connectivity index (χ2n) is 5.05. The Morgan fingerprint density at radius 2 is 2.19 bits per heavy atom. The average molecular weight is 289 g/mol. The van der Waals surface area contributed by atoms with Gasteiger partial charge in [0, 0.05) is 20.1 Å². The van der Waals surface area contributed by atoms with Crippen LogP contribution in [0.15, 0.2) is 29.5 Å². The molecule has 0 unspecified atom stereocenters. The van der Waals surface area contributed by atoms with Gasteiger partial charge in [-0.25, -0.2) is 4.98 Å². The molecule has 0 atom stereocenters. The van der Waals surface area contributed by atoms with Crippen LogP contribution in [0.25, 0.3) is 11.0 Å². The summed E-state index contributed by atoms with van der Waals surface area (Å²) in [5, 5.41) is 4.41. The summed E-state index contributed by atoms with van der Waals surface area (Å²) in [4.78, 5) is 30.4. The first-order valence-electron chi connectivity index (χ1n) is 6.73. The molecule has 2 aromatic rings. The van der Waals surface area contributed by atoms with Gasteiger partial charge in [0.1, 0.15) is 18.3 Å². The second kappa shape index (κ2) is 5.90. The van der Waals surface area contributed by atoms with Crippen molar-refractivity contribution in [2.75, 3.05) is 13.1 Å². The van der Waals surface area contributed by atoms with Crippen LogP contribution in [0.1, 0.15) is 13.8 Å². The van der Waals surface area contributed by atoms with Crippen molar-refractivity contribution in [3.05, 3.63) is 35.0 Å². The van der Waals surface area contributed by atoms with E-state index in [0.29, 0.717) is 24.1 Å². The Kier molecular flexibility index (Phi) is 4.21. The molecule has 21 heavy (non-hydrogen) atoms. The summed E-state index contributed by atoms with van der Waals surface area (Å²) in [6.07, 6.45) is 2.86. The Balaban J connectivity index is 2.27. The van der Waals surface area contributed by atoms with E-state index in [1.165, 1.54) is 21.8 Å². The third-order valence-corrected chi connectivity index (χ3v) is 3.22. The van der Waals surface area contributed by atoms with Crippen LogP contribution in [0.3, 0.4) is 0 Å². The van der Waals surface area contributed by atoms with Crippen molar-refractivity contribution in [3.8, 4) is 0 Å². The van der Waals surface area contributed by atoms with Gasteiger partial charge in [0.05, 0.1) is 6.20 Å². The maximum Gasteiger partial charge on any atom is 0.264 e. The predicted molar refractivity (Wildman–Crippen MR) is 79.8 cm³/mol. The smallest absolute Gasteiger partial charge is 0.264 e. The SMILES string of the molecule is C=C(C)CN(CC)C(=O)Cn1cnc2c(cnn2C)c1=O. The normalized spacial score (nSPS) is 10.8. The number of carbonyl (C=O) groups excluding carboxylic acids is 1. The second-order valence-corrected chi connectivity index (χ2v) is 5.05. The molecule has 0 aromatic carbocycles. The summed E-state index contributed by atoms with van der Waals surface area (Å²) in [5.74, 6) is -0.132. The highest BCUT2D eigenvalue weighted by Gasteiger charge is 2.15. The van der Waals surface area contributed by atoms with E-state index in [4.69, 9.17) is 0 Å². The number of nitrogens with zero attached hydrogens (tertiary/aromatic N) is 5. The Labute approximate surface area is 122 Å². The highest BCUT2D eigenvalue weighted by molar-refractivity contribution is 5.77. The summed E-state index contributed by atoms with van der Waals surface area (Å²) < 4.78 is 2.84. The fourth-order valence-electron chi connectivity index (χ4n) is 2.13. The van der Waals surface area contributed by atoms with Crippen molar-refractivity contribution < 1.29 is 4.79 Å². The summed E-state index contributed by atoms with van der Waals surface area (Å²) in [6, 6.07) is 0. The fraction of sp³-hybridized carbons (Fsp3) is 0.429. The number of rotatable bonds is 5. The van der Waals surface area contributed by atoms with Crippen molar-refractivity contribution >= 4 is 16.9 Å². The lowest BCUT2D eigenvalue weighted by Gasteiger charge is -2.21. The molecule has 2 aromatic heterocycles. The molecule has 1 amide bonds. The van der Waals surface area contributed by atoms with Gasteiger partial charge in [0.15, 0.2) is 5.65 Å². The van der Waals surface area contributed by atoms with Gasteiger partial charge in [-0.3, -0.25) is 18.8 Å². The molecular formula is C14H19N5O2. The Morgan fingerprint density at radius 3 is 2.81 bits per heavy atom. The Hall–Kier alpha value is -2.44. The van der Waals surface area contributed by atoms with Gasteiger partial charge < -0.3 is 4.90 Å². The van der Waals surface area contributed by atoms with Gasteiger partial charge >= 0.3 is 0 Å². The van der Waals surface area contributed by atoms with Crippen molar-refractivity contribution in [1.82, 2.24) is 24.2 Å². The molecule has 0 aliphatic rings. The highest BCUT2D eigenvalue weighted by Crippen LogP contribution is 2.04. The molecule has 0 N–H and O–H groups in total. The molecule has 0 bridgehead atoms. The van der Waals surface area contributed by atoms with E-state index in [9.17, 15) is 9.59 Å². The maximum atomic E-state index is 12.3. The number of amides is 1. The van der Waals surface area contributed by atoms with Crippen molar-refractivity contribution in [2.45, 2.75) is 20.4 Å². The van der Waals surface area contributed by atoms with Crippen molar-refractivity contribution in [3.63, 3.8) is 0 Å². The monoisotopic (exact) mass is 289 g/mol. The summed E-state index contributed by atoms with van der Waals surface area (Å²) in [7, 11) is 1.72. The third-order valence-electron chi connectivity index (χ3n) is 3.22. The van der Waals surface area contributed by atoms with Crippen LogP contribution in [-0.4, -0.2) is 43.2 Å². The van der Waals surface area contributed by atoms with Gasteiger partial charge in [-0.2, -0.15) is 5.10 Å². The zero-order valence-electron chi connectivity index (χ0n) is 12.5. The lowest BCUT2D eigenvalue weighted by atomic mass is 10.3. The molecule has 7 nitrogen and oxygen atoms in total. The number of hydrogen-bond acceptors (Lipinski definition) is 4. The van der Waals surface area contributed by atoms with Gasteiger partial charge in [-0.1, -0.05) is 12.2 Å². The standard InChI is InChI=1S/C14H19N5O2/c1-5-18(7-10(2)3)12(20)8-19-9-15-13-11(14(19)21)6-16-17(13)4/h6,9H,2,5,7-8H2,1,3-4H3. The molecule has 0 radical (unpaired) electrons. The van der Waals surface area contributed by atoms with Gasteiger partial charge in [0.2, 0.25) is 5.91 Å². The van der Waals surface area contributed by atoms with Crippen LogP contribution in [-0.2, 0) is 18.4 Å². The van der Waals surface area contributed by atoms with Crippen LogP contribution in [0.4, 0.5) is 0 Å². The quantitative estimate of drug-likeness (QED) is 0.754. The number of aryl methyl sites for hydroxylation is 1. The molecular weight excluding hydrogens is 270 g/mol. The molecule has 0 aliphatic heterocycles. The van der Waals surface area contributed by atoms with Crippen LogP contribution in [0, 0.1) is 0 Å². The molecule has 0 saturated heterocycles. The van der Waals surface area contributed by atoms with Crippen LogP contribution in [0.2, 0.25) is 0 Å². The molecule has 0 saturated carbocycles. The van der Waals surface area contributed by atoms with E-state index in [1.54, 1.807) is 11.9 Å². The van der Waals surface area contributed by atoms with Crippen molar-refractivity contribution in [1.29, 1.82) is 0 Å². The summed E-state index contributed by atoms with van der Waals surface area (Å²) in [5.41, 5.74) is 1.16. The largest absolute Gasteiger partial charge is 0.337 e. The van der Waals surface area contributed by atoms with Gasteiger partial charge in [-0.15, -0.1) is 0 Å². The van der Waals surface area contributed by atoms with E-state index in [0.717, 1.165) is 5.57 Å². The minimum Gasteiger partial charge on any atom is -0.337 e. The lowest BCUT2D eigenvalue weighted by molar-refractivity contribution is -0.131. The minimum atomic E-state index is -0.257. The zero-order valence-corrected chi connectivity index (χ0v) is 12.5. The van der Waals surface area contributed by atoms with Crippen LogP contribution < -0.4 is 5.56 Å². The fourth-order valence-corrected chi connectivity index (χ4v) is 2.13. The van der Waals surface area contributed by atoms with Crippen LogP contribution in [0.5, 0.6) is 0 Å². The molecule has 0 aliphatic carbocycles. The predicted octanol–water partition coefficient (Wildman–Crippen LogP) is 0.555. The van der Waals surface area contributed by atoms with Gasteiger partial charge in [-0.05, 0) is 13.8 Å². The van der Waals surface area contributed by atoms with E-state index in [-0.39, 0.29) is 18.0 Å². The molecule has 2 rings (SSSR count). The molecule has 2 heterocycles. The van der Waals surface area contributed by atoms with Crippen molar-refractivity contribution in [2.24, 2.45) is 7.05 Å². The third kappa shape index (κ3) is 3.01. The first-order valence-corrected chi connectivity index (χ1v) is 6.73.